The van der Waals surface area contributed by atoms with Crippen LogP contribution in [-0.4, -0.2) is 22.6 Å². The van der Waals surface area contributed by atoms with E-state index in [0.717, 1.165) is 12.1 Å². The highest BCUT2D eigenvalue weighted by atomic mass is 32.2. The molecule has 23 heavy (non-hydrogen) atoms. The molecule has 0 bridgehead atoms. The van der Waals surface area contributed by atoms with Crippen LogP contribution in [0.25, 0.3) is 0 Å². The molecule has 0 unspecified atom stereocenters. The Labute approximate surface area is 132 Å². The first-order valence-electron chi connectivity index (χ1n) is 6.53. The summed E-state index contributed by atoms with van der Waals surface area (Å²) in [5, 5.41) is 0. The van der Waals surface area contributed by atoms with Crippen LogP contribution in [0, 0.1) is 11.6 Å². The third-order valence-electron chi connectivity index (χ3n) is 3.10. The van der Waals surface area contributed by atoms with Crippen molar-refractivity contribution in [3.05, 3.63) is 53.6 Å². The van der Waals surface area contributed by atoms with Gasteiger partial charge >= 0.3 is 0 Å². The highest BCUT2D eigenvalue weighted by Gasteiger charge is 2.19. The Morgan fingerprint density at radius 2 is 1.70 bits per heavy atom. The molecule has 0 fully saturated rings. The molecule has 0 atom stereocenters. The lowest BCUT2D eigenvalue weighted by molar-refractivity contribution is 0.354. The predicted molar refractivity (Wildman–Crippen MR) is 79.9 cm³/mol. The van der Waals surface area contributed by atoms with Crippen LogP contribution in [0.15, 0.2) is 41.3 Å². The van der Waals surface area contributed by atoms with Crippen molar-refractivity contribution in [2.75, 3.05) is 14.2 Å². The van der Waals surface area contributed by atoms with Crippen molar-refractivity contribution in [2.24, 2.45) is 0 Å². The van der Waals surface area contributed by atoms with E-state index >= 15 is 0 Å². The molecule has 0 heterocycles. The molecule has 0 saturated heterocycles. The highest BCUT2D eigenvalue weighted by molar-refractivity contribution is 7.89. The Balaban J connectivity index is 2.19. The lowest BCUT2D eigenvalue weighted by Crippen LogP contribution is -2.24. The Hall–Kier alpha value is -2.19. The van der Waals surface area contributed by atoms with Crippen molar-refractivity contribution in [3.8, 4) is 11.5 Å². The zero-order valence-electron chi connectivity index (χ0n) is 12.5. The van der Waals surface area contributed by atoms with Gasteiger partial charge in [-0.2, -0.15) is 0 Å². The number of rotatable bonds is 6. The molecule has 8 heteroatoms. The number of methoxy groups -OCH3 is 2. The topological polar surface area (TPSA) is 64.6 Å². The SMILES string of the molecule is COc1ccc(CNS(=O)(=O)c2ccc(F)cc2F)cc1OC. The van der Waals surface area contributed by atoms with Gasteiger partial charge in [0.1, 0.15) is 16.5 Å². The summed E-state index contributed by atoms with van der Waals surface area (Å²) in [6, 6.07) is 7.15. The van der Waals surface area contributed by atoms with Gasteiger partial charge in [-0.15, -0.1) is 0 Å². The molecule has 0 amide bonds. The van der Waals surface area contributed by atoms with E-state index in [2.05, 4.69) is 4.72 Å². The first kappa shape index (κ1) is 17.2. The fraction of sp³-hybridized carbons (Fsp3) is 0.200. The van der Waals surface area contributed by atoms with Crippen LogP contribution < -0.4 is 14.2 Å². The maximum Gasteiger partial charge on any atom is 0.243 e. The molecule has 1 N–H and O–H groups in total. The van der Waals surface area contributed by atoms with E-state index in [0.29, 0.717) is 23.1 Å². The molecule has 0 aliphatic heterocycles. The van der Waals surface area contributed by atoms with Gasteiger partial charge in [-0.05, 0) is 29.8 Å². The molecule has 0 saturated carbocycles. The summed E-state index contributed by atoms with van der Waals surface area (Å²) in [7, 11) is -1.16. The van der Waals surface area contributed by atoms with Crippen LogP contribution in [0.4, 0.5) is 8.78 Å². The Morgan fingerprint density at radius 3 is 2.30 bits per heavy atom. The molecule has 2 aromatic carbocycles. The second-order valence-electron chi connectivity index (χ2n) is 4.59. The molecule has 0 aliphatic carbocycles. The van der Waals surface area contributed by atoms with Gasteiger partial charge in [0.15, 0.2) is 11.5 Å². The molecule has 5 nitrogen and oxygen atoms in total. The number of nitrogens with one attached hydrogen (secondary N) is 1. The lowest BCUT2D eigenvalue weighted by Gasteiger charge is -2.11. The summed E-state index contributed by atoms with van der Waals surface area (Å²) in [5.41, 5.74) is 0.591. The van der Waals surface area contributed by atoms with Crippen molar-refractivity contribution < 1.29 is 26.7 Å². The number of hydrogen-bond donors (Lipinski definition) is 1. The summed E-state index contributed by atoms with van der Waals surface area (Å²) in [4.78, 5) is -0.612. The van der Waals surface area contributed by atoms with E-state index < -0.39 is 26.6 Å². The Bertz CT molecular complexity index is 809. The minimum Gasteiger partial charge on any atom is -0.493 e. The zero-order valence-corrected chi connectivity index (χ0v) is 13.3. The quantitative estimate of drug-likeness (QED) is 0.875. The van der Waals surface area contributed by atoms with Gasteiger partial charge in [-0.3, -0.25) is 0 Å². The maximum atomic E-state index is 13.6. The number of halogens is 2. The summed E-state index contributed by atoms with van der Waals surface area (Å²) < 4.78 is 63.1. The molecule has 0 aliphatic rings. The minimum atomic E-state index is -4.10. The van der Waals surface area contributed by atoms with E-state index in [1.54, 1.807) is 18.2 Å². The molecule has 124 valence electrons. The summed E-state index contributed by atoms with van der Waals surface area (Å²) in [5.74, 6) is -1.05. The highest BCUT2D eigenvalue weighted by Crippen LogP contribution is 2.27. The van der Waals surface area contributed by atoms with Gasteiger partial charge < -0.3 is 9.47 Å². The first-order chi connectivity index (χ1) is 10.9. The van der Waals surface area contributed by atoms with Gasteiger partial charge in [-0.1, -0.05) is 6.07 Å². The summed E-state index contributed by atoms with van der Waals surface area (Å²) >= 11 is 0. The van der Waals surface area contributed by atoms with E-state index in [-0.39, 0.29) is 6.54 Å². The van der Waals surface area contributed by atoms with Crippen LogP contribution in [0.1, 0.15) is 5.56 Å². The second-order valence-corrected chi connectivity index (χ2v) is 6.32. The molecule has 0 aromatic heterocycles. The van der Waals surface area contributed by atoms with Crippen LogP contribution in [0.2, 0.25) is 0 Å². The van der Waals surface area contributed by atoms with Gasteiger partial charge in [-0.25, -0.2) is 21.9 Å². The van der Waals surface area contributed by atoms with Crippen molar-refractivity contribution >= 4 is 10.0 Å². The van der Waals surface area contributed by atoms with Crippen molar-refractivity contribution in [1.29, 1.82) is 0 Å². The average molecular weight is 343 g/mol. The van der Waals surface area contributed by atoms with Gasteiger partial charge in [0.05, 0.1) is 14.2 Å². The van der Waals surface area contributed by atoms with E-state index in [1.165, 1.54) is 14.2 Å². The van der Waals surface area contributed by atoms with E-state index in [1.807, 2.05) is 0 Å². The smallest absolute Gasteiger partial charge is 0.243 e. The number of ether oxygens (including phenoxy) is 2. The summed E-state index contributed by atoms with van der Waals surface area (Å²) in [6.45, 7) is -0.0838. The van der Waals surface area contributed by atoms with Crippen LogP contribution in [0.3, 0.4) is 0 Å². The summed E-state index contributed by atoms with van der Waals surface area (Å²) in [6.07, 6.45) is 0. The van der Waals surface area contributed by atoms with Gasteiger partial charge in [0, 0.05) is 12.6 Å². The molecule has 2 aromatic rings. The molecular weight excluding hydrogens is 328 g/mol. The van der Waals surface area contributed by atoms with Crippen LogP contribution in [-0.2, 0) is 16.6 Å². The number of benzene rings is 2. The zero-order chi connectivity index (χ0) is 17.0. The molecule has 0 radical (unpaired) electrons. The third kappa shape index (κ3) is 3.96. The van der Waals surface area contributed by atoms with Crippen molar-refractivity contribution in [2.45, 2.75) is 11.4 Å². The maximum absolute atomic E-state index is 13.6. The van der Waals surface area contributed by atoms with E-state index in [9.17, 15) is 17.2 Å². The van der Waals surface area contributed by atoms with Crippen molar-refractivity contribution in [1.82, 2.24) is 4.72 Å². The largest absolute Gasteiger partial charge is 0.493 e. The number of hydrogen-bond acceptors (Lipinski definition) is 4. The molecular formula is C15H15F2NO4S. The van der Waals surface area contributed by atoms with Gasteiger partial charge in [0.25, 0.3) is 0 Å². The fourth-order valence-corrected chi connectivity index (χ4v) is 3.01. The van der Waals surface area contributed by atoms with Crippen molar-refractivity contribution in [3.63, 3.8) is 0 Å². The first-order valence-corrected chi connectivity index (χ1v) is 8.01. The average Bonchev–Trinajstić information content (AvgIpc) is 2.52. The van der Waals surface area contributed by atoms with Crippen LogP contribution >= 0.6 is 0 Å². The molecule has 0 spiro atoms. The van der Waals surface area contributed by atoms with Gasteiger partial charge in [0.2, 0.25) is 10.0 Å². The van der Waals surface area contributed by atoms with Crippen LogP contribution in [0.5, 0.6) is 11.5 Å². The minimum absolute atomic E-state index is 0.0838. The normalized spacial score (nSPS) is 11.3. The Kier molecular flexibility index (Phi) is 5.17. The Morgan fingerprint density at radius 1 is 1.00 bits per heavy atom. The fourth-order valence-electron chi connectivity index (χ4n) is 1.94. The second kappa shape index (κ2) is 6.93. The lowest BCUT2D eigenvalue weighted by atomic mass is 10.2. The number of sulfonamides is 1. The standard InChI is InChI=1S/C15H15F2NO4S/c1-21-13-5-3-10(7-14(13)22-2)9-18-23(19,20)15-6-4-11(16)8-12(15)17/h3-8,18H,9H2,1-2H3. The third-order valence-corrected chi connectivity index (χ3v) is 4.53. The monoisotopic (exact) mass is 343 g/mol. The molecule has 2 rings (SSSR count). The predicted octanol–water partition coefficient (Wildman–Crippen LogP) is 2.46. The van der Waals surface area contributed by atoms with E-state index in [4.69, 9.17) is 9.47 Å².